The van der Waals surface area contributed by atoms with E-state index in [-0.39, 0.29) is 9.84 Å². The molecule has 1 aromatic rings. The van der Waals surface area contributed by atoms with E-state index in [4.69, 9.17) is 10.6 Å². The van der Waals surface area contributed by atoms with Gasteiger partial charge in [-0.25, -0.2) is 19.3 Å². The summed E-state index contributed by atoms with van der Waals surface area (Å²) in [5, 5.41) is 2.93. The second kappa shape index (κ2) is 8.07. The first kappa shape index (κ1) is 20.9. The highest BCUT2D eigenvalue weighted by Gasteiger charge is 2.33. The summed E-state index contributed by atoms with van der Waals surface area (Å²) in [6.45, 7) is 1.77. The van der Waals surface area contributed by atoms with Gasteiger partial charge in [-0.15, -0.1) is 14.5 Å². The van der Waals surface area contributed by atoms with Gasteiger partial charge in [0.15, 0.2) is 5.04 Å². The Labute approximate surface area is 158 Å². The van der Waals surface area contributed by atoms with Crippen LogP contribution in [0.5, 0.6) is 0 Å². The number of aliphatic imine (C=N–C) groups is 1. The monoisotopic (exact) mass is 438 g/mol. The number of hydrogen-bond acceptors (Lipinski definition) is 11. The molecule has 1 unspecified atom stereocenters. The average molecular weight is 438 g/mol. The Kier molecular flexibility index (Phi) is 6.24. The zero-order valence-corrected chi connectivity index (χ0v) is 16.3. The lowest BCUT2D eigenvalue weighted by Gasteiger charge is -2.16. The molecule has 0 saturated heterocycles. The topological polar surface area (TPSA) is 185 Å². The van der Waals surface area contributed by atoms with E-state index in [2.05, 4.69) is 10.1 Å². The van der Waals surface area contributed by atoms with E-state index in [1.165, 1.54) is 7.11 Å². The number of nitrogens with two attached hydrogens (primary N) is 1. The molecule has 148 valence electrons. The van der Waals surface area contributed by atoms with Gasteiger partial charge in [0.05, 0.1) is 4.86 Å². The first-order valence-electron chi connectivity index (χ1n) is 7.06. The van der Waals surface area contributed by atoms with Crippen LogP contribution in [0.4, 0.5) is 4.79 Å². The van der Waals surface area contributed by atoms with Crippen LogP contribution >= 0.6 is 11.8 Å². The molecule has 0 bridgehead atoms. The summed E-state index contributed by atoms with van der Waals surface area (Å²) in [6.07, 6.45) is 1.93. The van der Waals surface area contributed by atoms with Gasteiger partial charge in [-0.2, -0.15) is 16.8 Å². The molecule has 0 saturated carbocycles. The maximum Gasteiger partial charge on any atom is 0.388 e. The van der Waals surface area contributed by atoms with Crippen molar-refractivity contribution in [3.05, 3.63) is 22.8 Å². The Bertz CT molecular complexity index is 1120. The van der Waals surface area contributed by atoms with Gasteiger partial charge >= 0.3 is 11.7 Å². The fourth-order valence-electron chi connectivity index (χ4n) is 1.94. The van der Waals surface area contributed by atoms with E-state index < -0.39 is 48.0 Å². The van der Waals surface area contributed by atoms with Crippen LogP contribution in [0.3, 0.4) is 0 Å². The van der Waals surface area contributed by atoms with E-state index in [1.807, 2.05) is 0 Å². The van der Waals surface area contributed by atoms with Gasteiger partial charge in [0.1, 0.15) is 13.2 Å². The van der Waals surface area contributed by atoms with Gasteiger partial charge in [-0.1, -0.05) is 18.7 Å². The quantitative estimate of drug-likeness (QED) is 0.375. The predicted octanol–water partition coefficient (Wildman–Crippen LogP) is -2.59. The van der Waals surface area contributed by atoms with Gasteiger partial charge < -0.3 is 10.6 Å². The Morgan fingerprint density at radius 2 is 2.15 bits per heavy atom. The minimum atomic E-state index is -4.66. The zero-order chi connectivity index (χ0) is 20.4. The van der Waals surface area contributed by atoms with Crippen molar-refractivity contribution in [1.29, 1.82) is 0 Å². The highest BCUT2D eigenvalue weighted by Crippen LogP contribution is 2.11. The second-order valence-electron chi connectivity index (χ2n) is 4.70. The molecule has 1 atom stereocenters. The molecular formula is C11H14N6O7S3. The summed E-state index contributed by atoms with van der Waals surface area (Å²) >= 11 is 1.08. The molecular weight excluding hydrogens is 424 g/mol. The van der Waals surface area contributed by atoms with Crippen molar-refractivity contribution in [3.63, 3.8) is 0 Å². The number of sulfonamides is 1. The summed E-state index contributed by atoms with van der Waals surface area (Å²) in [5.41, 5.74) is 4.55. The van der Waals surface area contributed by atoms with Crippen molar-refractivity contribution >= 4 is 48.0 Å². The maximum absolute atomic E-state index is 12.4. The predicted molar refractivity (Wildman–Crippen MR) is 96.7 cm³/mol. The normalized spacial score (nSPS) is 16.8. The first-order chi connectivity index (χ1) is 12.6. The van der Waals surface area contributed by atoms with Crippen molar-refractivity contribution in [2.45, 2.75) is 18.1 Å². The lowest BCUT2D eigenvalue weighted by molar-refractivity contribution is 0.134. The molecule has 16 heteroatoms. The minimum absolute atomic E-state index is 0.0320. The van der Waals surface area contributed by atoms with E-state index in [1.54, 1.807) is 11.6 Å². The molecule has 0 fully saturated rings. The highest BCUT2D eigenvalue weighted by atomic mass is 32.2. The number of nitrogens with one attached hydrogen (secondary N) is 1. The summed E-state index contributed by atoms with van der Waals surface area (Å²) in [4.78, 5) is 32.2. The smallest absolute Gasteiger partial charge is 0.388 e. The van der Waals surface area contributed by atoms with Crippen molar-refractivity contribution < 1.29 is 26.5 Å². The van der Waals surface area contributed by atoms with Crippen LogP contribution < -0.4 is 21.0 Å². The first-order valence-corrected chi connectivity index (χ1v) is 10.6. The second-order valence-corrected chi connectivity index (χ2v) is 8.50. The number of carbonyl (C=O) groups excluding carboxylic acids is 1. The van der Waals surface area contributed by atoms with Crippen LogP contribution in [0.15, 0.2) is 27.2 Å². The molecule has 1 aliphatic heterocycles. The number of amides is 1. The standard InChI is InChI=1S/C11H14N6O7S3/c1-3-25-10-14-16(11(19)17(10)24-2)9(18)15-27(22,23)8-7(12)6(26(20)21)4-5-13-8/h4-5,7H,3,12H2,1-2H3,(H,15,18). The van der Waals surface area contributed by atoms with Crippen LogP contribution in [0.2, 0.25) is 0 Å². The average Bonchev–Trinajstić information content (AvgIpc) is 2.90. The molecule has 1 amide bonds. The third-order valence-corrected chi connectivity index (χ3v) is 5.99. The van der Waals surface area contributed by atoms with Gasteiger partial charge in [-0.3, -0.25) is 0 Å². The van der Waals surface area contributed by atoms with Crippen LogP contribution in [0, 0.1) is 0 Å². The van der Waals surface area contributed by atoms with Gasteiger partial charge in [0.2, 0.25) is 15.4 Å². The summed E-state index contributed by atoms with van der Waals surface area (Å²) in [6, 6.07) is -3.03. The molecule has 3 N–H and O–H groups in total. The molecule has 2 heterocycles. The maximum atomic E-state index is 12.4. The zero-order valence-electron chi connectivity index (χ0n) is 13.9. The van der Waals surface area contributed by atoms with Gasteiger partial charge in [0, 0.05) is 6.20 Å². The Morgan fingerprint density at radius 3 is 2.70 bits per heavy atom. The summed E-state index contributed by atoms with van der Waals surface area (Å²) in [7, 11) is -6.28. The number of rotatable bonds is 3. The molecule has 27 heavy (non-hydrogen) atoms. The van der Waals surface area contributed by atoms with Crippen LogP contribution in [-0.2, 0) is 20.3 Å². The number of hydrogen-bond donors (Lipinski definition) is 2. The van der Waals surface area contributed by atoms with Crippen molar-refractivity contribution in [2.24, 2.45) is 10.7 Å². The Hall–Kier alpha value is -2.43. The molecule has 13 nitrogen and oxygen atoms in total. The third-order valence-electron chi connectivity index (χ3n) is 3.07. The molecule has 0 aromatic carbocycles. The van der Waals surface area contributed by atoms with E-state index in [9.17, 15) is 26.4 Å². The van der Waals surface area contributed by atoms with Crippen molar-refractivity contribution in [2.75, 3.05) is 12.9 Å². The largest absolute Gasteiger partial charge is 0.410 e. The van der Waals surface area contributed by atoms with Gasteiger partial charge in [0.25, 0.3) is 10.0 Å². The molecule has 0 radical (unpaired) electrons. The summed E-state index contributed by atoms with van der Waals surface area (Å²) in [5.74, 6) is 0.503. The molecule has 1 aliphatic rings. The van der Waals surface area contributed by atoms with Crippen molar-refractivity contribution in [3.8, 4) is 0 Å². The fraction of sp³-hybridized carbons (Fsp3) is 0.364. The third kappa shape index (κ3) is 4.12. The van der Waals surface area contributed by atoms with E-state index >= 15 is 0 Å². The van der Waals surface area contributed by atoms with Crippen LogP contribution in [0.25, 0.3) is 0 Å². The number of thioether (sulfide) groups is 1. The van der Waals surface area contributed by atoms with Crippen LogP contribution in [-0.4, -0.2) is 66.2 Å². The lowest BCUT2D eigenvalue weighted by Crippen LogP contribution is -2.50. The summed E-state index contributed by atoms with van der Waals surface area (Å²) < 4.78 is 49.4. The van der Waals surface area contributed by atoms with E-state index in [0.717, 1.165) is 24.0 Å². The van der Waals surface area contributed by atoms with Gasteiger partial charge in [-0.05, 0) is 11.8 Å². The van der Waals surface area contributed by atoms with Crippen molar-refractivity contribution in [1.82, 2.24) is 19.2 Å². The van der Waals surface area contributed by atoms with Crippen LogP contribution in [0.1, 0.15) is 6.92 Å². The SMILES string of the molecule is CCSc1nn(C(=O)NS(=O)(=O)C2=NC=CC(=S(=O)=O)C2N)c(=O)n1OC. The Morgan fingerprint density at radius 1 is 1.48 bits per heavy atom. The Balaban J connectivity index is 2.38. The fourth-order valence-corrected chi connectivity index (χ4v) is 4.25. The lowest BCUT2D eigenvalue weighted by atomic mass is 10.2. The number of carbonyl (C=O) groups is 1. The number of aromatic nitrogens is 3. The van der Waals surface area contributed by atoms with E-state index in [0.29, 0.717) is 10.5 Å². The molecule has 1 aromatic heterocycles. The minimum Gasteiger partial charge on any atom is -0.410 e. The molecule has 0 spiro atoms. The number of nitrogens with zero attached hydrogens (tertiary/aromatic N) is 4. The highest BCUT2D eigenvalue weighted by molar-refractivity contribution is 8.05. The molecule has 2 rings (SSSR count). The molecule has 0 aliphatic carbocycles.